The number of halogens is 2. The van der Waals surface area contributed by atoms with Gasteiger partial charge in [-0.1, -0.05) is 18.1 Å². The highest BCUT2D eigenvalue weighted by Gasteiger charge is 2.19. The Bertz CT molecular complexity index is 937. The quantitative estimate of drug-likeness (QED) is 0.634. The SMILES string of the molecule is C#CCN(Cc1ccc(F)cc1)C(=O)c1ccc(-c2ccc(F)cc2)o1. The molecule has 1 aromatic heterocycles. The lowest BCUT2D eigenvalue weighted by Gasteiger charge is -2.19. The van der Waals surface area contributed by atoms with Crippen LogP contribution in [0.5, 0.6) is 0 Å². The zero-order chi connectivity index (χ0) is 18.5. The molecule has 0 spiro atoms. The van der Waals surface area contributed by atoms with E-state index in [0.717, 1.165) is 5.56 Å². The molecule has 0 fully saturated rings. The van der Waals surface area contributed by atoms with Crippen molar-refractivity contribution in [2.24, 2.45) is 0 Å². The van der Waals surface area contributed by atoms with E-state index >= 15 is 0 Å². The van der Waals surface area contributed by atoms with E-state index in [2.05, 4.69) is 5.92 Å². The summed E-state index contributed by atoms with van der Waals surface area (Å²) in [5, 5.41) is 0. The number of amides is 1. The van der Waals surface area contributed by atoms with Crippen LogP contribution in [-0.4, -0.2) is 17.4 Å². The van der Waals surface area contributed by atoms with Gasteiger partial charge >= 0.3 is 0 Å². The molecule has 5 heteroatoms. The highest BCUT2D eigenvalue weighted by atomic mass is 19.1. The predicted molar refractivity (Wildman–Crippen MR) is 94.1 cm³/mol. The second kappa shape index (κ2) is 7.66. The Hall–Kier alpha value is -3.39. The zero-order valence-corrected chi connectivity index (χ0v) is 13.8. The molecule has 0 atom stereocenters. The third kappa shape index (κ3) is 3.98. The van der Waals surface area contributed by atoms with Gasteiger partial charge in [0.15, 0.2) is 5.76 Å². The lowest BCUT2D eigenvalue weighted by atomic mass is 10.2. The van der Waals surface area contributed by atoms with Crippen molar-refractivity contribution in [2.75, 3.05) is 6.54 Å². The molecule has 3 rings (SSSR count). The molecule has 0 bridgehead atoms. The van der Waals surface area contributed by atoms with Gasteiger partial charge in [0.2, 0.25) is 0 Å². The maximum atomic E-state index is 13.0. The molecule has 3 nitrogen and oxygen atoms in total. The first-order valence-corrected chi connectivity index (χ1v) is 7.90. The monoisotopic (exact) mass is 351 g/mol. The van der Waals surface area contributed by atoms with Gasteiger partial charge in [-0.2, -0.15) is 0 Å². The van der Waals surface area contributed by atoms with E-state index in [-0.39, 0.29) is 36.4 Å². The van der Waals surface area contributed by atoms with Crippen LogP contribution in [0.4, 0.5) is 8.78 Å². The molecule has 1 heterocycles. The molecule has 0 saturated carbocycles. The topological polar surface area (TPSA) is 33.5 Å². The molecule has 0 unspecified atom stereocenters. The fourth-order valence-electron chi connectivity index (χ4n) is 2.50. The maximum absolute atomic E-state index is 13.0. The van der Waals surface area contributed by atoms with Crippen LogP contribution >= 0.6 is 0 Å². The third-order valence-electron chi connectivity index (χ3n) is 3.80. The summed E-state index contributed by atoms with van der Waals surface area (Å²) in [4.78, 5) is 14.1. The largest absolute Gasteiger partial charge is 0.451 e. The number of rotatable bonds is 5. The number of terminal acetylenes is 1. The molecule has 0 N–H and O–H groups in total. The average Bonchev–Trinajstić information content (AvgIpc) is 3.13. The number of nitrogens with zero attached hydrogens (tertiary/aromatic N) is 1. The number of hydrogen-bond donors (Lipinski definition) is 0. The molecule has 0 aliphatic rings. The zero-order valence-electron chi connectivity index (χ0n) is 13.8. The Morgan fingerprint density at radius 2 is 1.58 bits per heavy atom. The van der Waals surface area contributed by atoms with Gasteiger partial charge in [0, 0.05) is 12.1 Å². The smallest absolute Gasteiger partial charge is 0.290 e. The van der Waals surface area contributed by atoms with Crippen LogP contribution in [0.1, 0.15) is 16.1 Å². The van der Waals surface area contributed by atoms with E-state index in [4.69, 9.17) is 10.8 Å². The van der Waals surface area contributed by atoms with Crippen molar-refractivity contribution in [1.82, 2.24) is 4.90 Å². The van der Waals surface area contributed by atoms with Crippen molar-refractivity contribution in [3.8, 4) is 23.7 Å². The molecule has 0 radical (unpaired) electrons. The Morgan fingerprint density at radius 3 is 2.19 bits per heavy atom. The third-order valence-corrected chi connectivity index (χ3v) is 3.80. The van der Waals surface area contributed by atoms with E-state index in [1.807, 2.05) is 0 Å². The Kier molecular flexibility index (Phi) is 5.14. The van der Waals surface area contributed by atoms with Gasteiger partial charge in [0.1, 0.15) is 17.4 Å². The second-order valence-corrected chi connectivity index (χ2v) is 5.66. The van der Waals surface area contributed by atoms with Crippen LogP contribution in [0.3, 0.4) is 0 Å². The Labute approximate surface area is 149 Å². The highest BCUT2D eigenvalue weighted by Crippen LogP contribution is 2.23. The number of carbonyl (C=O) groups excluding carboxylic acids is 1. The van der Waals surface area contributed by atoms with Crippen molar-refractivity contribution in [2.45, 2.75) is 6.54 Å². The first-order chi connectivity index (χ1) is 12.6. The predicted octanol–water partition coefficient (Wildman–Crippen LogP) is 4.50. The minimum Gasteiger partial charge on any atom is -0.451 e. The first kappa shape index (κ1) is 17.4. The standard InChI is InChI=1S/C21H15F2NO2/c1-2-13-24(14-15-3-7-17(22)8-4-15)21(25)20-12-11-19(26-20)16-5-9-18(23)10-6-16/h1,3-12H,13-14H2. The summed E-state index contributed by atoms with van der Waals surface area (Å²) in [7, 11) is 0. The highest BCUT2D eigenvalue weighted by molar-refractivity contribution is 5.92. The minimum absolute atomic E-state index is 0.0861. The van der Waals surface area contributed by atoms with Crippen molar-refractivity contribution < 1.29 is 18.0 Å². The van der Waals surface area contributed by atoms with Crippen LogP contribution in [0.25, 0.3) is 11.3 Å². The van der Waals surface area contributed by atoms with Crippen LogP contribution < -0.4 is 0 Å². The summed E-state index contributed by atoms with van der Waals surface area (Å²) in [6, 6.07) is 14.8. The maximum Gasteiger partial charge on any atom is 0.290 e. The van der Waals surface area contributed by atoms with Gasteiger partial charge in [0.25, 0.3) is 5.91 Å². The van der Waals surface area contributed by atoms with Gasteiger partial charge < -0.3 is 9.32 Å². The van der Waals surface area contributed by atoms with Gasteiger partial charge in [-0.05, 0) is 54.1 Å². The van der Waals surface area contributed by atoms with Gasteiger partial charge in [-0.25, -0.2) is 8.78 Å². The first-order valence-electron chi connectivity index (χ1n) is 7.90. The van der Waals surface area contributed by atoms with Crippen molar-refractivity contribution in [3.63, 3.8) is 0 Å². The van der Waals surface area contributed by atoms with Crippen LogP contribution in [0.15, 0.2) is 65.1 Å². The van der Waals surface area contributed by atoms with Gasteiger partial charge in [-0.15, -0.1) is 6.42 Å². The van der Waals surface area contributed by atoms with Crippen LogP contribution in [0.2, 0.25) is 0 Å². The van der Waals surface area contributed by atoms with E-state index in [9.17, 15) is 13.6 Å². The number of furan rings is 1. The number of benzene rings is 2. The summed E-state index contributed by atoms with van der Waals surface area (Å²) in [5.41, 5.74) is 1.41. The second-order valence-electron chi connectivity index (χ2n) is 5.66. The molecule has 0 saturated heterocycles. The molecule has 3 aromatic rings. The van der Waals surface area contributed by atoms with Crippen molar-refractivity contribution >= 4 is 5.91 Å². The fraction of sp³-hybridized carbons (Fsp3) is 0.0952. The molecular formula is C21H15F2NO2. The van der Waals surface area contributed by atoms with E-state index in [1.165, 1.54) is 29.2 Å². The normalized spacial score (nSPS) is 10.3. The molecule has 130 valence electrons. The lowest BCUT2D eigenvalue weighted by Crippen LogP contribution is -2.30. The lowest BCUT2D eigenvalue weighted by molar-refractivity contribution is 0.0734. The summed E-state index contributed by atoms with van der Waals surface area (Å²) < 4.78 is 31.7. The molecule has 26 heavy (non-hydrogen) atoms. The van der Waals surface area contributed by atoms with E-state index in [0.29, 0.717) is 11.3 Å². The Morgan fingerprint density at radius 1 is 0.962 bits per heavy atom. The number of carbonyl (C=O) groups is 1. The summed E-state index contributed by atoms with van der Waals surface area (Å²) in [5.74, 6) is 1.95. The van der Waals surface area contributed by atoms with Crippen molar-refractivity contribution in [3.05, 3.63) is 83.6 Å². The summed E-state index contributed by atoms with van der Waals surface area (Å²) in [6.45, 7) is 0.318. The average molecular weight is 351 g/mol. The molecule has 0 aliphatic carbocycles. The van der Waals surface area contributed by atoms with Crippen LogP contribution in [-0.2, 0) is 6.54 Å². The minimum atomic E-state index is -0.374. The van der Waals surface area contributed by atoms with Gasteiger partial charge in [0.05, 0.1) is 6.54 Å². The van der Waals surface area contributed by atoms with E-state index < -0.39 is 0 Å². The summed E-state index contributed by atoms with van der Waals surface area (Å²) in [6.07, 6.45) is 5.36. The van der Waals surface area contributed by atoms with Crippen molar-refractivity contribution in [1.29, 1.82) is 0 Å². The molecule has 2 aromatic carbocycles. The van der Waals surface area contributed by atoms with E-state index in [1.54, 1.807) is 36.4 Å². The van der Waals surface area contributed by atoms with Crippen LogP contribution in [0, 0.1) is 24.0 Å². The fourth-order valence-corrected chi connectivity index (χ4v) is 2.50. The van der Waals surface area contributed by atoms with Gasteiger partial charge in [-0.3, -0.25) is 4.79 Å². The number of hydrogen-bond acceptors (Lipinski definition) is 2. The molecule has 1 amide bonds. The summed E-state index contributed by atoms with van der Waals surface area (Å²) >= 11 is 0. The Balaban J connectivity index is 1.80. The molecular weight excluding hydrogens is 336 g/mol. The molecule has 0 aliphatic heterocycles.